The van der Waals surface area contributed by atoms with Crippen molar-refractivity contribution in [3.8, 4) is 0 Å². The molecular formula is C18H36N4O2. The Labute approximate surface area is 146 Å². The lowest BCUT2D eigenvalue weighted by Crippen LogP contribution is -2.42. The standard InChI is InChI=1S/C18H36N4O2/c1-2-3-4-5-6-7-8-9-10-11-12-13-14-15-16(23)17(19)18(24)21-22-20/h14-18,23-24H,2-13,19H2,1H3. The Morgan fingerprint density at radius 1 is 0.958 bits per heavy atom. The van der Waals surface area contributed by atoms with E-state index in [2.05, 4.69) is 16.9 Å². The molecule has 0 aromatic heterocycles. The lowest BCUT2D eigenvalue weighted by Gasteiger charge is -2.17. The van der Waals surface area contributed by atoms with Crippen molar-refractivity contribution >= 4 is 0 Å². The second kappa shape index (κ2) is 16.8. The summed E-state index contributed by atoms with van der Waals surface area (Å²) < 4.78 is 0. The summed E-state index contributed by atoms with van der Waals surface area (Å²) in [7, 11) is 0. The highest BCUT2D eigenvalue weighted by molar-refractivity contribution is 4.95. The van der Waals surface area contributed by atoms with Gasteiger partial charge in [-0.3, -0.25) is 0 Å². The number of hydrogen-bond acceptors (Lipinski definition) is 4. The summed E-state index contributed by atoms with van der Waals surface area (Å²) in [6, 6.07) is -0.991. The molecule has 3 atom stereocenters. The highest BCUT2D eigenvalue weighted by Gasteiger charge is 2.19. The number of nitrogens with two attached hydrogens (primary N) is 1. The first-order valence-electron chi connectivity index (χ1n) is 9.46. The summed E-state index contributed by atoms with van der Waals surface area (Å²) in [6.45, 7) is 2.25. The van der Waals surface area contributed by atoms with Gasteiger partial charge in [-0.2, -0.15) is 0 Å². The molecule has 0 radical (unpaired) electrons. The second-order valence-corrected chi connectivity index (χ2v) is 6.44. The van der Waals surface area contributed by atoms with Crippen LogP contribution in [0.2, 0.25) is 0 Å². The highest BCUT2D eigenvalue weighted by atomic mass is 16.3. The topological polar surface area (TPSA) is 115 Å². The summed E-state index contributed by atoms with van der Waals surface area (Å²) in [5.74, 6) is 0. The van der Waals surface area contributed by atoms with Gasteiger partial charge in [0.1, 0.15) is 0 Å². The minimum absolute atomic E-state index is 0.887. The first kappa shape index (κ1) is 22.9. The van der Waals surface area contributed by atoms with Gasteiger partial charge in [0.25, 0.3) is 0 Å². The van der Waals surface area contributed by atoms with E-state index < -0.39 is 18.4 Å². The van der Waals surface area contributed by atoms with E-state index in [0.29, 0.717) is 0 Å². The fourth-order valence-electron chi connectivity index (χ4n) is 2.60. The Balaban J connectivity index is 3.47. The molecule has 0 bridgehead atoms. The van der Waals surface area contributed by atoms with Crippen LogP contribution in [0, 0.1) is 0 Å². The van der Waals surface area contributed by atoms with Crippen LogP contribution >= 0.6 is 0 Å². The molecule has 0 saturated heterocycles. The molecule has 0 fully saturated rings. The molecule has 4 N–H and O–H groups in total. The molecule has 0 aromatic rings. The molecule has 0 aliphatic rings. The molecule has 0 amide bonds. The Kier molecular flexibility index (Phi) is 16.0. The third kappa shape index (κ3) is 13.4. The minimum atomic E-state index is -1.41. The molecular weight excluding hydrogens is 304 g/mol. The van der Waals surface area contributed by atoms with Crippen LogP contribution in [0.3, 0.4) is 0 Å². The van der Waals surface area contributed by atoms with Crippen LogP contribution in [0.1, 0.15) is 84.0 Å². The smallest absolute Gasteiger partial charge is 0.150 e. The number of unbranched alkanes of at least 4 members (excludes halogenated alkanes) is 11. The monoisotopic (exact) mass is 340 g/mol. The fourth-order valence-corrected chi connectivity index (χ4v) is 2.60. The quantitative estimate of drug-likeness (QED) is 0.126. The molecule has 0 aromatic carbocycles. The van der Waals surface area contributed by atoms with E-state index in [9.17, 15) is 10.2 Å². The van der Waals surface area contributed by atoms with Gasteiger partial charge < -0.3 is 15.9 Å². The number of azide groups is 1. The van der Waals surface area contributed by atoms with Crippen molar-refractivity contribution in [2.45, 2.75) is 102 Å². The van der Waals surface area contributed by atoms with Crippen LogP contribution < -0.4 is 5.73 Å². The molecule has 0 spiro atoms. The Hall–Kier alpha value is -1.07. The summed E-state index contributed by atoms with van der Waals surface area (Å²) >= 11 is 0. The molecule has 0 aliphatic carbocycles. The minimum Gasteiger partial charge on any atom is -0.387 e. The third-order valence-corrected chi connectivity index (χ3v) is 4.22. The van der Waals surface area contributed by atoms with Crippen LogP contribution in [0.15, 0.2) is 17.3 Å². The van der Waals surface area contributed by atoms with Crippen LogP contribution in [-0.2, 0) is 0 Å². The van der Waals surface area contributed by atoms with Gasteiger partial charge in [-0.1, -0.05) is 88.4 Å². The third-order valence-electron chi connectivity index (χ3n) is 4.22. The van der Waals surface area contributed by atoms with Gasteiger partial charge >= 0.3 is 0 Å². The van der Waals surface area contributed by atoms with Crippen LogP contribution in [0.5, 0.6) is 0 Å². The zero-order valence-corrected chi connectivity index (χ0v) is 15.2. The first-order chi connectivity index (χ1) is 11.6. The average Bonchev–Trinajstić information content (AvgIpc) is 2.58. The number of nitrogens with zero attached hydrogens (tertiary/aromatic N) is 3. The second-order valence-electron chi connectivity index (χ2n) is 6.44. The number of aliphatic hydroxyl groups excluding tert-OH is 2. The molecule has 0 rings (SSSR count). The van der Waals surface area contributed by atoms with Crippen molar-refractivity contribution in [2.75, 3.05) is 0 Å². The number of hydrogen-bond donors (Lipinski definition) is 3. The summed E-state index contributed by atoms with van der Waals surface area (Å²) in [5.41, 5.74) is 13.8. The Morgan fingerprint density at radius 2 is 1.46 bits per heavy atom. The van der Waals surface area contributed by atoms with E-state index in [-0.39, 0.29) is 0 Å². The molecule has 6 nitrogen and oxygen atoms in total. The van der Waals surface area contributed by atoms with Crippen molar-refractivity contribution in [1.29, 1.82) is 0 Å². The van der Waals surface area contributed by atoms with E-state index in [4.69, 9.17) is 11.3 Å². The van der Waals surface area contributed by atoms with Gasteiger partial charge in [0.15, 0.2) is 6.23 Å². The lowest BCUT2D eigenvalue weighted by atomic mass is 10.0. The van der Waals surface area contributed by atoms with E-state index >= 15 is 0 Å². The maximum absolute atomic E-state index is 9.74. The normalized spacial score (nSPS) is 15.2. The number of allylic oxidation sites excluding steroid dienone is 1. The largest absolute Gasteiger partial charge is 0.387 e. The highest BCUT2D eigenvalue weighted by Crippen LogP contribution is 2.12. The lowest BCUT2D eigenvalue weighted by molar-refractivity contribution is 0.0830. The van der Waals surface area contributed by atoms with Crippen LogP contribution in [0.25, 0.3) is 10.4 Å². The maximum atomic E-state index is 9.74. The van der Waals surface area contributed by atoms with Gasteiger partial charge in [-0.15, -0.1) is 0 Å². The Morgan fingerprint density at radius 3 is 1.96 bits per heavy atom. The molecule has 0 saturated carbocycles. The number of aliphatic hydroxyl groups is 2. The van der Waals surface area contributed by atoms with Gasteiger partial charge in [0.05, 0.1) is 12.1 Å². The van der Waals surface area contributed by atoms with Gasteiger partial charge in [-0.05, 0) is 18.4 Å². The van der Waals surface area contributed by atoms with Crippen LogP contribution in [-0.4, -0.2) is 28.6 Å². The zero-order valence-electron chi connectivity index (χ0n) is 15.2. The molecule has 24 heavy (non-hydrogen) atoms. The molecule has 3 unspecified atom stereocenters. The van der Waals surface area contributed by atoms with E-state index in [1.54, 1.807) is 6.08 Å². The fraction of sp³-hybridized carbons (Fsp3) is 0.889. The van der Waals surface area contributed by atoms with Crippen molar-refractivity contribution in [3.63, 3.8) is 0 Å². The summed E-state index contributed by atoms with van der Waals surface area (Å²) in [6.07, 6.45) is 16.3. The maximum Gasteiger partial charge on any atom is 0.150 e. The molecule has 6 heteroatoms. The molecule has 0 aliphatic heterocycles. The average molecular weight is 341 g/mol. The van der Waals surface area contributed by atoms with E-state index in [0.717, 1.165) is 12.8 Å². The molecule has 0 heterocycles. The van der Waals surface area contributed by atoms with Crippen molar-refractivity contribution in [1.82, 2.24) is 0 Å². The van der Waals surface area contributed by atoms with E-state index in [1.807, 2.05) is 6.08 Å². The predicted octanol–water partition coefficient (Wildman–Crippen LogP) is 4.56. The van der Waals surface area contributed by atoms with Gasteiger partial charge in [-0.25, -0.2) is 0 Å². The SMILES string of the molecule is CCCCCCCCCCCCCC=CC(O)C(N)C(O)N=[N+]=[N-]. The summed E-state index contributed by atoms with van der Waals surface area (Å²) in [4.78, 5) is 2.47. The van der Waals surface area contributed by atoms with E-state index in [1.165, 1.54) is 64.2 Å². The van der Waals surface area contributed by atoms with Crippen molar-refractivity contribution < 1.29 is 10.2 Å². The molecule has 140 valence electrons. The van der Waals surface area contributed by atoms with Gasteiger partial charge in [0.2, 0.25) is 0 Å². The summed E-state index contributed by atoms with van der Waals surface area (Å²) in [5, 5.41) is 22.2. The predicted molar refractivity (Wildman–Crippen MR) is 99.4 cm³/mol. The van der Waals surface area contributed by atoms with Gasteiger partial charge in [0, 0.05) is 4.91 Å². The first-order valence-corrected chi connectivity index (χ1v) is 9.46. The van der Waals surface area contributed by atoms with Crippen molar-refractivity contribution in [3.05, 3.63) is 22.6 Å². The van der Waals surface area contributed by atoms with Crippen LogP contribution in [0.4, 0.5) is 0 Å². The zero-order chi connectivity index (χ0) is 18.0. The Bertz CT molecular complexity index is 357. The number of rotatable bonds is 16. The van der Waals surface area contributed by atoms with Crippen molar-refractivity contribution in [2.24, 2.45) is 10.8 Å².